The van der Waals surface area contributed by atoms with Crippen LogP contribution in [-0.4, -0.2) is 39.7 Å². The molecule has 2 rings (SSSR count). The molecule has 0 aliphatic heterocycles. The summed E-state index contributed by atoms with van der Waals surface area (Å²) in [6, 6.07) is -1.40. The summed E-state index contributed by atoms with van der Waals surface area (Å²) in [5.74, 6) is 0.0474. The Morgan fingerprint density at radius 3 is 2.90 bits per heavy atom. The van der Waals surface area contributed by atoms with E-state index in [1.165, 1.54) is 19.2 Å². The highest BCUT2D eigenvalue weighted by molar-refractivity contribution is 5.82. The second-order valence-electron chi connectivity index (χ2n) is 5.69. The lowest BCUT2D eigenvalue weighted by Gasteiger charge is -2.18. The Bertz CT molecular complexity index is 475. The van der Waals surface area contributed by atoms with Gasteiger partial charge < -0.3 is 20.7 Å². The van der Waals surface area contributed by atoms with Gasteiger partial charge in [-0.3, -0.25) is 0 Å². The topological polar surface area (TPSA) is 107 Å². The molecule has 2 amide bonds. The third-order valence-corrected chi connectivity index (χ3v) is 4.15. The molecule has 0 bridgehead atoms. The fourth-order valence-corrected chi connectivity index (χ4v) is 2.77. The summed E-state index contributed by atoms with van der Waals surface area (Å²) >= 11 is 0. The van der Waals surface area contributed by atoms with E-state index in [2.05, 4.69) is 27.5 Å². The van der Waals surface area contributed by atoms with E-state index in [1.807, 2.05) is 0 Å². The van der Waals surface area contributed by atoms with Crippen LogP contribution in [0, 0.1) is 11.8 Å². The van der Waals surface area contributed by atoms with Crippen molar-refractivity contribution in [2.75, 3.05) is 6.54 Å². The molecule has 1 heterocycles. The fraction of sp³-hybridized carbons (Fsp3) is 0.643. The maximum Gasteiger partial charge on any atom is 0.326 e. The van der Waals surface area contributed by atoms with Crippen molar-refractivity contribution in [2.24, 2.45) is 11.8 Å². The molecule has 0 aromatic carbocycles. The van der Waals surface area contributed by atoms with Crippen LogP contribution >= 0.6 is 0 Å². The van der Waals surface area contributed by atoms with Crippen molar-refractivity contribution in [1.29, 1.82) is 0 Å². The molecule has 1 aromatic rings. The van der Waals surface area contributed by atoms with E-state index in [4.69, 9.17) is 5.11 Å². The average Bonchev–Trinajstić information content (AvgIpc) is 3.07. The predicted octanol–water partition coefficient (Wildman–Crippen LogP) is 1.14. The molecule has 0 spiro atoms. The van der Waals surface area contributed by atoms with Crippen LogP contribution < -0.4 is 10.6 Å². The molecule has 3 atom stereocenters. The summed E-state index contributed by atoms with van der Waals surface area (Å²) in [5, 5.41) is 14.4. The standard InChI is InChI=1S/C14H22N4O3/c1-9-3-2-4-10(9)6-16-14(21)18-12(13(19)20)5-11-7-15-8-17-11/h7-10,12H,2-6H2,1H3,(H,15,17)(H,19,20)(H2,16,18,21)/t9?,10?,12-/m1/s1. The van der Waals surface area contributed by atoms with Crippen molar-refractivity contribution < 1.29 is 14.7 Å². The second-order valence-corrected chi connectivity index (χ2v) is 5.69. The number of carbonyl (C=O) groups excluding carboxylic acids is 1. The molecule has 0 saturated heterocycles. The number of carbonyl (C=O) groups is 2. The Labute approximate surface area is 123 Å². The van der Waals surface area contributed by atoms with Crippen LogP contribution in [0.25, 0.3) is 0 Å². The highest BCUT2D eigenvalue weighted by Gasteiger charge is 2.25. The molecule has 1 aromatic heterocycles. The highest BCUT2D eigenvalue weighted by Crippen LogP contribution is 2.30. The normalized spacial score (nSPS) is 22.7. The Morgan fingerprint density at radius 1 is 1.52 bits per heavy atom. The third-order valence-electron chi connectivity index (χ3n) is 4.15. The molecule has 7 nitrogen and oxygen atoms in total. The minimum Gasteiger partial charge on any atom is -0.480 e. The number of nitrogens with zero attached hydrogens (tertiary/aromatic N) is 1. The Kier molecular flexibility index (Phi) is 5.19. The van der Waals surface area contributed by atoms with E-state index in [9.17, 15) is 9.59 Å². The van der Waals surface area contributed by atoms with Crippen molar-refractivity contribution in [3.05, 3.63) is 18.2 Å². The number of aromatic nitrogens is 2. The number of imidazole rings is 1. The smallest absolute Gasteiger partial charge is 0.326 e. The first kappa shape index (κ1) is 15.3. The zero-order valence-corrected chi connectivity index (χ0v) is 12.1. The summed E-state index contributed by atoms with van der Waals surface area (Å²) in [5.41, 5.74) is 0.673. The van der Waals surface area contributed by atoms with Crippen LogP contribution in [0.3, 0.4) is 0 Å². The molecule has 0 radical (unpaired) electrons. The van der Waals surface area contributed by atoms with Crippen molar-refractivity contribution in [3.63, 3.8) is 0 Å². The van der Waals surface area contributed by atoms with Gasteiger partial charge in [-0.2, -0.15) is 0 Å². The lowest BCUT2D eigenvalue weighted by atomic mass is 9.98. The van der Waals surface area contributed by atoms with Gasteiger partial charge in [-0.15, -0.1) is 0 Å². The Hall–Kier alpha value is -2.05. The van der Waals surface area contributed by atoms with Gasteiger partial charge in [0.1, 0.15) is 6.04 Å². The van der Waals surface area contributed by atoms with Crippen molar-refractivity contribution in [2.45, 2.75) is 38.6 Å². The molecule has 1 aliphatic rings. The first-order valence-corrected chi connectivity index (χ1v) is 7.30. The van der Waals surface area contributed by atoms with Gasteiger partial charge in [-0.25, -0.2) is 14.6 Å². The van der Waals surface area contributed by atoms with E-state index in [0.29, 0.717) is 24.1 Å². The zero-order chi connectivity index (χ0) is 15.2. The van der Waals surface area contributed by atoms with Crippen LogP contribution in [-0.2, 0) is 11.2 Å². The number of nitrogens with one attached hydrogen (secondary N) is 3. The van der Waals surface area contributed by atoms with Gasteiger partial charge in [-0.1, -0.05) is 19.8 Å². The Balaban J connectivity index is 1.79. The number of hydrogen-bond donors (Lipinski definition) is 4. The van der Waals surface area contributed by atoms with Gasteiger partial charge >= 0.3 is 12.0 Å². The van der Waals surface area contributed by atoms with Gasteiger partial charge in [0.05, 0.1) is 6.33 Å². The summed E-state index contributed by atoms with van der Waals surface area (Å²) in [7, 11) is 0. The molecule has 1 aliphatic carbocycles. The largest absolute Gasteiger partial charge is 0.480 e. The minimum atomic E-state index is -1.06. The van der Waals surface area contributed by atoms with E-state index < -0.39 is 18.0 Å². The SMILES string of the molecule is CC1CCCC1CNC(=O)N[C@H](Cc1cnc[nH]1)C(=O)O. The first-order chi connectivity index (χ1) is 10.1. The van der Waals surface area contributed by atoms with Crippen molar-refractivity contribution in [3.8, 4) is 0 Å². The molecule has 1 saturated carbocycles. The third kappa shape index (κ3) is 4.47. The molecular weight excluding hydrogens is 272 g/mol. The van der Waals surface area contributed by atoms with Crippen LogP contribution in [0.5, 0.6) is 0 Å². The second kappa shape index (κ2) is 7.10. The van der Waals surface area contributed by atoms with Gasteiger partial charge in [0.2, 0.25) is 0 Å². The van der Waals surface area contributed by atoms with Crippen LogP contribution in [0.4, 0.5) is 4.79 Å². The van der Waals surface area contributed by atoms with Crippen LogP contribution in [0.15, 0.2) is 12.5 Å². The number of rotatable bonds is 6. The summed E-state index contributed by atoms with van der Waals surface area (Å²) < 4.78 is 0. The van der Waals surface area contributed by atoms with Gasteiger partial charge in [0.25, 0.3) is 0 Å². The lowest BCUT2D eigenvalue weighted by molar-refractivity contribution is -0.139. The summed E-state index contributed by atoms with van der Waals surface area (Å²) in [6.07, 6.45) is 6.74. The number of amides is 2. The number of H-pyrrole nitrogens is 1. The molecule has 1 fully saturated rings. The Morgan fingerprint density at radius 2 is 2.33 bits per heavy atom. The molecular formula is C14H22N4O3. The molecule has 2 unspecified atom stereocenters. The number of aromatic amines is 1. The molecule has 116 valence electrons. The van der Waals surface area contributed by atoms with Crippen LogP contribution in [0.1, 0.15) is 31.9 Å². The molecule has 7 heteroatoms. The lowest BCUT2D eigenvalue weighted by Crippen LogP contribution is -2.48. The van der Waals surface area contributed by atoms with E-state index >= 15 is 0 Å². The summed E-state index contributed by atoms with van der Waals surface area (Å²) in [4.78, 5) is 29.7. The number of aliphatic carboxylic acids is 1. The van der Waals surface area contributed by atoms with Crippen molar-refractivity contribution >= 4 is 12.0 Å². The van der Waals surface area contributed by atoms with E-state index in [-0.39, 0.29) is 6.42 Å². The van der Waals surface area contributed by atoms with E-state index in [1.54, 1.807) is 6.20 Å². The monoisotopic (exact) mass is 294 g/mol. The van der Waals surface area contributed by atoms with E-state index in [0.717, 1.165) is 6.42 Å². The van der Waals surface area contributed by atoms with Gasteiger partial charge in [-0.05, 0) is 18.3 Å². The zero-order valence-electron chi connectivity index (χ0n) is 12.1. The van der Waals surface area contributed by atoms with Crippen LogP contribution in [0.2, 0.25) is 0 Å². The average molecular weight is 294 g/mol. The maximum atomic E-state index is 11.8. The van der Waals surface area contributed by atoms with Crippen molar-refractivity contribution in [1.82, 2.24) is 20.6 Å². The first-order valence-electron chi connectivity index (χ1n) is 7.30. The quantitative estimate of drug-likeness (QED) is 0.631. The molecule has 4 N–H and O–H groups in total. The number of urea groups is 1. The van der Waals surface area contributed by atoms with Gasteiger partial charge in [0, 0.05) is 24.9 Å². The number of carboxylic acid groups (broad SMARTS) is 1. The minimum absolute atomic E-state index is 0.183. The van der Waals surface area contributed by atoms with Gasteiger partial charge in [0.15, 0.2) is 0 Å². The highest BCUT2D eigenvalue weighted by atomic mass is 16.4. The predicted molar refractivity (Wildman–Crippen MR) is 76.8 cm³/mol. The number of hydrogen-bond acceptors (Lipinski definition) is 3. The fourth-order valence-electron chi connectivity index (χ4n) is 2.77. The summed E-state index contributed by atoms with van der Waals surface area (Å²) in [6.45, 7) is 2.79. The maximum absolute atomic E-state index is 11.8. The number of carboxylic acids is 1. The molecule has 21 heavy (non-hydrogen) atoms.